The largest absolute Gasteiger partial charge is 0.494 e. The molecule has 0 bridgehead atoms. The molecule has 0 aromatic heterocycles. The van der Waals surface area contributed by atoms with Crippen molar-refractivity contribution in [1.29, 1.82) is 0 Å². The molecule has 0 spiro atoms. The summed E-state index contributed by atoms with van der Waals surface area (Å²) in [6.07, 6.45) is 2.65. The fourth-order valence-electron chi connectivity index (χ4n) is 3.21. The summed E-state index contributed by atoms with van der Waals surface area (Å²) >= 11 is 0. The number of ether oxygens (including phenoxy) is 2. The molecular weight excluding hydrogens is 316 g/mol. The zero-order valence-corrected chi connectivity index (χ0v) is 16.1. The second kappa shape index (κ2) is 8.56. The lowest BCUT2D eigenvalue weighted by Gasteiger charge is -2.22. The van der Waals surface area contributed by atoms with Crippen LogP contribution in [0.15, 0.2) is 24.3 Å². The second-order valence-corrected chi connectivity index (χ2v) is 7.74. The van der Waals surface area contributed by atoms with Crippen LogP contribution < -0.4 is 15.4 Å². The van der Waals surface area contributed by atoms with E-state index in [4.69, 9.17) is 9.47 Å². The Balaban J connectivity index is 1.79. The molecule has 5 heteroatoms. The maximum atomic E-state index is 11.9. The predicted octanol–water partition coefficient (Wildman–Crippen LogP) is 4.18. The Kier molecular flexibility index (Phi) is 6.71. The molecule has 2 N–H and O–H groups in total. The summed E-state index contributed by atoms with van der Waals surface area (Å²) in [7, 11) is 0. The zero-order chi connectivity index (χ0) is 18.4. The van der Waals surface area contributed by atoms with E-state index in [1.165, 1.54) is 5.56 Å². The topological polar surface area (TPSA) is 59.6 Å². The molecule has 0 aliphatic heterocycles. The first-order valence-corrected chi connectivity index (χ1v) is 9.25. The van der Waals surface area contributed by atoms with Crippen LogP contribution in [0, 0.1) is 0 Å². The number of rotatable bonds is 6. The average Bonchev–Trinajstić information content (AvgIpc) is 2.93. The highest BCUT2D eigenvalue weighted by atomic mass is 16.6. The highest BCUT2D eigenvalue weighted by Crippen LogP contribution is 2.24. The van der Waals surface area contributed by atoms with Crippen molar-refractivity contribution in [3.8, 4) is 5.75 Å². The molecule has 0 heterocycles. The predicted molar refractivity (Wildman–Crippen MR) is 100.0 cm³/mol. The first kappa shape index (κ1) is 19.6. The molecule has 3 unspecified atom stereocenters. The molecule has 3 atom stereocenters. The van der Waals surface area contributed by atoms with Crippen molar-refractivity contribution in [1.82, 2.24) is 10.6 Å². The van der Waals surface area contributed by atoms with Crippen molar-refractivity contribution in [2.24, 2.45) is 0 Å². The Morgan fingerprint density at radius 1 is 1.20 bits per heavy atom. The molecule has 1 saturated carbocycles. The van der Waals surface area contributed by atoms with Gasteiger partial charge in [-0.2, -0.15) is 0 Å². The molecular formula is C20H32N2O3. The summed E-state index contributed by atoms with van der Waals surface area (Å²) in [4.78, 5) is 11.9. The van der Waals surface area contributed by atoms with E-state index < -0.39 is 5.60 Å². The third kappa shape index (κ3) is 6.58. The molecule has 2 rings (SSSR count). The molecule has 25 heavy (non-hydrogen) atoms. The van der Waals surface area contributed by atoms with Gasteiger partial charge in [0, 0.05) is 18.1 Å². The van der Waals surface area contributed by atoms with Crippen LogP contribution in [0.1, 0.15) is 65.5 Å². The third-order valence-electron chi connectivity index (χ3n) is 4.33. The lowest BCUT2D eigenvalue weighted by Crippen LogP contribution is -2.39. The van der Waals surface area contributed by atoms with E-state index in [0.717, 1.165) is 25.0 Å². The van der Waals surface area contributed by atoms with Gasteiger partial charge in [-0.25, -0.2) is 4.79 Å². The van der Waals surface area contributed by atoms with Crippen LogP contribution >= 0.6 is 0 Å². The van der Waals surface area contributed by atoms with Crippen molar-refractivity contribution >= 4 is 6.09 Å². The number of alkyl carbamates (subject to hydrolysis) is 1. The number of benzene rings is 1. The van der Waals surface area contributed by atoms with Crippen molar-refractivity contribution < 1.29 is 14.3 Å². The summed E-state index contributed by atoms with van der Waals surface area (Å²) in [6, 6.07) is 9.08. The number of hydrogen-bond acceptors (Lipinski definition) is 4. The minimum absolute atomic E-state index is 0.180. The van der Waals surface area contributed by atoms with Gasteiger partial charge in [0.1, 0.15) is 11.4 Å². The number of amides is 1. The number of carbonyl (C=O) groups excluding carboxylic acids is 1. The van der Waals surface area contributed by atoms with Crippen LogP contribution in [0.3, 0.4) is 0 Å². The normalized spacial score (nSPS) is 21.6. The molecule has 0 saturated heterocycles. The minimum Gasteiger partial charge on any atom is -0.494 e. The molecule has 1 aliphatic carbocycles. The van der Waals surface area contributed by atoms with Gasteiger partial charge >= 0.3 is 6.09 Å². The summed E-state index contributed by atoms with van der Waals surface area (Å²) < 4.78 is 10.8. The van der Waals surface area contributed by atoms with Gasteiger partial charge in [0.2, 0.25) is 0 Å². The van der Waals surface area contributed by atoms with E-state index in [0.29, 0.717) is 12.6 Å². The SMILES string of the molecule is CCOc1ccc(C(C)NC2CCC(NC(=O)OC(C)(C)C)C2)cc1. The Morgan fingerprint density at radius 2 is 1.84 bits per heavy atom. The lowest BCUT2D eigenvalue weighted by atomic mass is 10.1. The van der Waals surface area contributed by atoms with Crippen molar-refractivity contribution in [2.45, 2.75) is 77.6 Å². The van der Waals surface area contributed by atoms with Crippen molar-refractivity contribution in [2.75, 3.05) is 6.61 Å². The third-order valence-corrected chi connectivity index (χ3v) is 4.33. The van der Waals surface area contributed by atoms with Crippen LogP contribution in [-0.4, -0.2) is 30.4 Å². The van der Waals surface area contributed by atoms with Crippen molar-refractivity contribution in [3.63, 3.8) is 0 Å². The van der Waals surface area contributed by atoms with Gasteiger partial charge in [-0.1, -0.05) is 12.1 Å². The monoisotopic (exact) mass is 348 g/mol. The summed E-state index contributed by atoms with van der Waals surface area (Å²) in [6.45, 7) is 10.5. The maximum Gasteiger partial charge on any atom is 0.407 e. The zero-order valence-electron chi connectivity index (χ0n) is 16.1. The smallest absolute Gasteiger partial charge is 0.407 e. The Morgan fingerprint density at radius 3 is 2.44 bits per heavy atom. The molecule has 1 amide bonds. The highest BCUT2D eigenvalue weighted by Gasteiger charge is 2.28. The quantitative estimate of drug-likeness (QED) is 0.809. The summed E-state index contributed by atoms with van der Waals surface area (Å²) in [5, 5.41) is 6.65. The van der Waals surface area contributed by atoms with Gasteiger partial charge in [0.15, 0.2) is 0 Å². The molecule has 1 aromatic rings. The van der Waals surface area contributed by atoms with E-state index in [9.17, 15) is 4.79 Å². The Bertz CT molecular complexity index is 551. The molecule has 1 aromatic carbocycles. The minimum atomic E-state index is -0.456. The molecule has 0 radical (unpaired) electrons. The van der Waals surface area contributed by atoms with Gasteiger partial charge in [-0.15, -0.1) is 0 Å². The van der Waals surface area contributed by atoms with E-state index in [-0.39, 0.29) is 18.2 Å². The Labute approximate surface area is 151 Å². The van der Waals surface area contributed by atoms with Gasteiger partial charge < -0.3 is 20.1 Å². The van der Waals surface area contributed by atoms with E-state index in [1.807, 2.05) is 39.8 Å². The first-order valence-electron chi connectivity index (χ1n) is 9.25. The van der Waals surface area contributed by atoms with Crippen LogP contribution in [0.5, 0.6) is 5.75 Å². The summed E-state index contributed by atoms with van der Waals surface area (Å²) in [5.74, 6) is 0.904. The van der Waals surface area contributed by atoms with Gasteiger partial charge in [0.25, 0.3) is 0 Å². The second-order valence-electron chi connectivity index (χ2n) is 7.74. The van der Waals surface area contributed by atoms with Crippen LogP contribution in [0.2, 0.25) is 0 Å². The van der Waals surface area contributed by atoms with E-state index in [2.05, 4.69) is 29.7 Å². The maximum absolute atomic E-state index is 11.9. The van der Waals surface area contributed by atoms with Crippen LogP contribution in [0.25, 0.3) is 0 Å². The lowest BCUT2D eigenvalue weighted by molar-refractivity contribution is 0.0505. The standard InChI is InChI=1S/C20H32N2O3/c1-6-24-18-11-7-15(8-12-18)14(2)21-16-9-10-17(13-16)22-19(23)25-20(3,4)5/h7-8,11-12,14,16-17,21H,6,9-10,13H2,1-5H3,(H,22,23). The Hall–Kier alpha value is -1.75. The number of carbonyl (C=O) groups is 1. The molecule has 5 nitrogen and oxygen atoms in total. The molecule has 140 valence electrons. The summed E-state index contributed by atoms with van der Waals surface area (Å²) in [5.41, 5.74) is 0.787. The fourth-order valence-corrected chi connectivity index (χ4v) is 3.21. The highest BCUT2D eigenvalue weighted by molar-refractivity contribution is 5.68. The first-order chi connectivity index (χ1) is 11.8. The van der Waals surface area contributed by atoms with Gasteiger partial charge in [0.05, 0.1) is 6.61 Å². The number of nitrogens with one attached hydrogen (secondary N) is 2. The van der Waals surface area contributed by atoms with E-state index in [1.54, 1.807) is 0 Å². The van der Waals surface area contributed by atoms with Gasteiger partial charge in [-0.05, 0) is 71.6 Å². The van der Waals surface area contributed by atoms with Crippen LogP contribution in [0.4, 0.5) is 4.79 Å². The average molecular weight is 348 g/mol. The van der Waals surface area contributed by atoms with Gasteiger partial charge in [-0.3, -0.25) is 0 Å². The number of hydrogen-bond donors (Lipinski definition) is 2. The van der Waals surface area contributed by atoms with Crippen LogP contribution in [-0.2, 0) is 4.74 Å². The molecule has 1 aliphatic rings. The van der Waals surface area contributed by atoms with Crippen molar-refractivity contribution in [3.05, 3.63) is 29.8 Å². The van der Waals surface area contributed by atoms with E-state index >= 15 is 0 Å². The fraction of sp³-hybridized carbons (Fsp3) is 0.650. The molecule has 1 fully saturated rings.